The van der Waals surface area contributed by atoms with Crippen LogP contribution in [0.2, 0.25) is 0 Å². The molecule has 1 aliphatic heterocycles. The van der Waals surface area contributed by atoms with Gasteiger partial charge in [0.1, 0.15) is 5.75 Å². The van der Waals surface area contributed by atoms with Gasteiger partial charge < -0.3 is 10.1 Å². The summed E-state index contributed by atoms with van der Waals surface area (Å²) in [7, 11) is 1.66. The number of nitrogens with zero attached hydrogens (tertiary/aromatic N) is 5. The zero-order valence-electron chi connectivity index (χ0n) is 16.8. The van der Waals surface area contributed by atoms with E-state index in [1.807, 2.05) is 12.1 Å². The number of fused-ring (bicyclic) bond motifs is 1. The van der Waals surface area contributed by atoms with Crippen molar-refractivity contribution in [1.29, 1.82) is 0 Å². The Morgan fingerprint density at radius 3 is 2.72 bits per heavy atom. The molecule has 1 aliphatic rings. The van der Waals surface area contributed by atoms with E-state index in [2.05, 4.69) is 44.3 Å². The van der Waals surface area contributed by atoms with Crippen LogP contribution < -0.4 is 10.1 Å². The Morgan fingerprint density at radius 1 is 1.28 bits per heavy atom. The third-order valence-electron chi connectivity index (χ3n) is 5.54. The van der Waals surface area contributed by atoms with Crippen LogP contribution in [0.3, 0.4) is 0 Å². The smallest absolute Gasteiger partial charge is 0.291 e. The second-order valence-corrected chi connectivity index (χ2v) is 7.52. The van der Waals surface area contributed by atoms with Crippen molar-refractivity contribution in [3.05, 3.63) is 54.1 Å². The number of methoxy groups -OCH3 is 1. The summed E-state index contributed by atoms with van der Waals surface area (Å²) in [4.78, 5) is 23.4. The van der Waals surface area contributed by atoms with Crippen LogP contribution in [0.4, 0.5) is 0 Å². The van der Waals surface area contributed by atoms with Crippen molar-refractivity contribution < 1.29 is 9.53 Å². The van der Waals surface area contributed by atoms with Crippen LogP contribution in [-0.4, -0.2) is 57.1 Å². The molecule has 3 aromatic rings. The molecule has 2 aromatic heterocycles. The molecule has 1 N–H and O–H groups in total. The highest BCUT2D eigenvalue weighted by molar-refractivity contribution is 5.90. The molecule has 29 heavy (non-hydrogen) atoms. The number of carbonyl (C=O) groups excluding carboxylic acids is 1. The molecule has 0 radical (unpaired) electrons. The fourth-order valence-electron chi connectivity index (χ4n) is 3.72. The second-order valence-electron chi connectivity index (χ2n) is 7.52. The van der Waals surface area contributed by atoms with Crippen LogP contribution in [0.15, 0.2) is 42.7 Å². The van der Waals surface area contributed by atoms with Crippen molar-refractivity contribution in [2.24, 2.45) is 5.92 Å². The number of hydrogen-bond donors (Lipinski definition) is 1. The first-order valence-electron chi connectivity index (χ1n) is 9.97. The summed E-state index contributed by atoms with van der Waals surface area (Å²) in [6, 6.07) is 9.91. The summed E-state index contributed by atoms with van der Waals surface area (Å²) >= 11 is 0. The zero-order valence-corrected chi connectivity index (χ0v) is 16.8. The third kappa shape index (κ3) is 4.37. The van der Waals surface area contributed by atoms with Gasteiger partial charge in [-0.15, -0.1) is 5.10 Å². The lowest BCUT2D eigenvalue weighted by Gasteiger charge is -2.37. The van der Waals surface area contributed by atoms with Gasteiger partial charge in [-0.05, 0) is 55.6 Å². The molecule has 0 saturated carbocycles. The van der Waals surface area contributed by atoms with Crippen LogP contribution in [0.1, 0.15) is 42.0 Å². The van der Waals surface area contributed by atoms with E-state index in [1.54, 1.807) is 25.6 Å². The Balaban J connectivity index is 1.50. The van der Waals surface area contributed by atoms with Gasteiger partial charge >= 0.3 is 0 Å². The summed E-state index contributed by atoms with van der Waals surface area (Å²) in [6.45, 7) is 4.82. The Hall–Kier alpha value is -3.00. The van der Waals surface area contributed by atoms with Crippen molar-refractivity contribution in [3.8, 4) is 5.75 Å². The molecule has 0 bridgehead atoms. The van der Waals surface area contributed by atoms with Gasteiger partial charge in [0.25, 0.3) is 11.7 Å². The number of piperidine rings is 1. The molecule has 0 spiro atoms. The first-order chi connectivity index (χ1) is 14.1. The minimum Gasteiger partial charge on any atom is -0.497 e. The lowest BCUT2D eigenvalue weighted by atomic mass is 9.95. The average molecular weight is 394 g/mol. The van der Waals surface area contributed by atoms with Crippen LogP contribution in [0.5, 0.6) is 5.75 Å². The van der Waals surface area contributed by atoms with Crippen molar-refractivity contribution in [2.45, 2.75) is 25.8 Å². The van der Waals surface area contributed by atoms with Gasteiger partial charge in [0, 0.05) is 18.9 Å². The molecule has 0 aliphatic carbocycles. The SMILES string of the molecule is COc1ccc(C(CNC(=O)c2nc3ncccn3n2)N2CCC(C)CC2)cc1. The summed E-state index contributed by atoms with van der Waals surface area (Å²) in [5.41, 5.74) is 1.16. The maximum Gasteiger partial charge on any atom is 0.291 e. The molecule has 3 heterocycles. The van der Waals surface area contributed by atoms with E-state index in [1.165, 1.54) is 17.4 Å². The molecular weight excluding hydrogens is 368 g/mol. The number of hydrogen-bond acceptors (Lipinski definition) is 6. The Bertz CT molecular complexity index is 930. The number of nitrogens with one attached hydrogen (secondary N) is 1. The quantitative estimate of drug-likeness (QED) is 0.691. The molecule has 8 nitrogen and oxygen atoms in total. The molecule has 1 amide bonds. The van der Waals surface area contributed by atoms with E-state index >= 15 is 0 Å². The van der Waals surface area contributed by atoms with Crippen molar-refractivity contribution >= 4 is 11.7 Å². The third-order valence-corrected chi connectivity index (χ3v) is 5.54. The largest absolute Gasteiger partial charge is 0.497 e. The maximum atomic E-state index is 12.7. The van der Waals surface area contributed by atoms with Crippen LogP contribution >= 0.6 is 0 Å². The zero-order chi connectivity index (χ0) is 20.2. The maximum absolute atomic E-state index is 12.7. The number of carbonyl (C=O) groups is 1. The predicted molar refractivity (Wildman–Crippen MR) is 109 cm³/mol. The topological polar surface area (TPSA) is 84.6 Å². The van der Waals surface area contributed by atoms with Gasteiger partial charge in [-0.2, -0.15) is 4.98 Å². The normalized spacial score (nSPS) is 16.6. The van der Waals surface area contributed by atoms with Crippen LogP contribution in [-0.2, 0) is 0 Å². The van der Waals surface area contributed by atoms with E-state index in [-0.39, 0.29) is 17.8 Å². The van der Waals surface area contributed by atoms with Gasteiger partial charge in [0.15, 0.2) is 0 Å². The first-order valence-corrected chi connectivity index (χ1v) is 9.97. The minimum absolute atomic E-state index is 0.0903. The molecule has 1 saturated heterocycles. The lowest BCUT2D eigenvalue weighted by molar-refractivity contribution is 0.0903. The van der Waals surface area contributed by atoms with Crippen molar-refractivity contribution in [2.75, 3.05) is 26.7 Å². The van der Waals surface area contributed by atoms with E-state index < -0.39 is 0 Å². The van der Waals surface area contributed by atoms with Gasteiger partial charge in [0.2, 0.25) is 5.82 Å². The average Bonchev–Trinajstić information content (AvgIpc) is 3.20. The highest BCUT2D eigenvalue weighted by Gasteiger charge is 2.26. The number of rotatable bonds is 6. The minimum atomic E-state index is -0.292. The van der Waals surface area contributed by atoms with Crippen LogP contribution in [0.25, 0.3) is 5.78 Å². The molecule has 152 valence electrons. The summed E-state index contributed by atoms with van der Waals surface area (Å²) in [6.07, 6.45) is 5.68. The van der Waals surface area contributed by atoms with Gasteiger partial charge in [-0.1, -0.05) is 19.1 Å². The number of ether oxygens (including phenoxy) is 1. The fraction of sp³-hybridized carbons (Fsp3) is 0.429. The molecule has 1 unspecified atom stereocenters. The van der Waals surface area contributed by atoms with Gasteiger partial charge in [-0.3, -0.25) is 9.69 Å². The fourth-order valence-corrected chi connectivity index (χ4v) is 3.72. The summed E-state index contributed by atoms with van der Waals surface area (Å²) in [5.74, 6) is 1.82. The molecule has 4 rings (SSSR count). The van der Waals surface area contributed by atoms with E-state index in [0.717, 1.165) is 30.3 Å². The van der Waals surface area contributed by atoms with E-state index in [4.69, 9.17) is 4.74 Å². The van der Waals surface area contributed by atoms with Crippen molar-refractivity contribution in [1.82, 2.24) is 29.8 Å². The molecule has 8 heteroatoms. The standard InChI is InChI=1S/C21H26N6O2/c1-15-8-12-26(13-9-15)18(16-4-6-17(29-2)7-5-16)14-23-20(28)19-24-21-22-10-3-11-27(21)25-19/h3-7,10-11,15,18H,8-9,12-14H2,1-2H3,(H,23,28). The first kappa shape index (κ1) is 19.3. The summed E-state index contributed by atoms with van der Waals surface area (Å²) < 4.78 is 6.79. The monoisotopic (exact) mass is 394 g/mol. The number of amides is 1. The van der Waals surface area contributed by atoms with E-state index in [9.17, 15) is 4.79 Å². The highest BCUT2D eigenvalue weighted by atomic mass is 16.5. The van der Waals surface area contributed by atoms with Crippen LogP contribution in [0, 0.1) is 5.92 Å². The number of likely N-dealkylation sites (tertiary alicyclic amines) is 1. The Labute approximate surface area is 169 Å². The number of aromatic nitrogens is 4. The Kier molecular flexibility index (Phi) is 5.71. The van der Waals surface area contributed by atoms with Gasteiger partial charge in [0.05, 0.1) is 13.2 Å². The Morgan fingerprint density at radius 2 is 2.03 bits per heavy atom. The molecule has 1 aromatic carbocycles. The number of benzene rings is 1. The van der Waals surface area contributed by atoms with Crippen molar-refractivity contribution in [3.63, 3.8) is 0 Å². The van der Waals surface area contributed by atoms with Gasteiger partial charge in [-0.25, -0.2) is 9.50 Å². The predicted octanol–water partition coefficient (Wildman–Crippen LogP) is 2.34. The molecule has 1 fully saturated rings. The highest BCUT2D eigenvalue weighted by Crippen LogP contribution is 2.27. The van der Waals surface area contributed by atoms with E-state index in [0.29, 0.717) is 12.3 Å². The molecule has 1 atom stereocenters. The molecular formula is C21H26N6O2. The summed E-state index contributed by atoms with van der Waals surface area (Å²) in [5, 5.41) is 7.23. The lowest BCUT2D eigenvalue weighted by Crippen LogP contribution is -2.42. The second kappa shape index (κ2) is 8.57.